The number of fused-ring (bicyclic) bond motifs is 1. The second-order valence-electron chi connectivity index (χ2n) is 6.19. The lowest BCUT2D eigenvalue weighted by Crippen LogP contribution is -2.38. The molecule has 3 aromatic rings. The van der Waals surface area contributed by atoms with Crippen LogP contribution in [0, 0.1) is 13.8 Å². The lowest BCUT2D eigenvalue weighted by molar-refractivity contribution is 0.544. The zero-order valence-corrected chi connectivity index (χ0v) is 19.2. The van der Waals surface area contributed by atoms with Gasteiger partial charge in [-0.2, -0.15) is 0 Å². The second-order valence-corrected chi connectivity index (χ2v) is 7.47. The van der Waals surface area contributed by atoms with Crippen LogP contribution >= 0.6 is 35.3 Å². The van der Waals surface area contributed by atoms with E-state index >= 15 is 0 Å². The summed E-state index contributed by atoms with van der Waals surface area (Å²) >= 11 is 1.76. The Bertz CT molecular complexity index is 835. The molecule has 27 heavy (non-hydrogen) atoms. The van der Waals surface area contributed by atoms with Crippen molar-refractivity contribution in [1.29, 1.82) is 0 Å². The number of para-hydroxylation sites is 1. The van der Waals surface area contributed by atoms with Gasteiger partial charge in [-0.25, -0.2) is 4.98 Å². The maximum Gasteiger partial charge on any atom is 0.191 e. The van der Waals surface area contributed by atoms with Gasteiger partial charge in [0.2, 0.25) is 0 Å². The van der Waals surface area contributed by atoms with Crippen molar-refractivity contribution in [2.24, 2.45) is 4.99 Å². The van der Waals surface area contributed by atoms with Gasteiger partial charge in [-0.1, -0.05) is 18.2 Å². The van der Waals surface area contributed by atoms with E-state index in [1.165, 1.54) is 4.88 Å². The van der Waals surface area contributed by atoms with Crippen LogP contribution in [0.25, 0.3) is 11.0 Å². The predicted octanol–water partition coefficient (Wildman–Crippen LogP) is 4.46. The average Bonchev–Trinajstić information content (AvgIpc) is 3.17. The molecule has 7 heteroatoms. The van der Waals surface area contributed by atoms with E-state index in [-0.39, 0.29) is 24.0 Å². The van der Waals surface area contributed by atoms with E-state index in [2.05, 4.69) is 53.5 Å². The van der Waals surface area contributed by atoms with Crippen LogP contribution in [0.3, 0.4) is 0 Å². The Morgan fingerprint density at radius 1 is 1.19 bits per heavy atom. The van der Waals surface area contributed by atoms with Gasteiger partial charge in [-0.3, -0.25) is 4.99 Å². The molecule has 1 aromatic carbocycles. The fraction of sp³-hybridized carbons (Fsp3) is 0.400. The topological polar surface area (TPSA) is 62.5 Å². The van der Waals surface area contributed by atoms with Crippen molar-refractivity contribution >= 4 is 52.2 Å². The SMILES string of the molecule is CCNC(=NCCc1nc(C)c(C)s1)NCCc1cc2ccccc2o1.I. The minimum atomic E-state index is 0. The largest absolute Gasteiger partial charge is 0.461 e. The number of furan rings is 1. The highest BCUT2D eigenvalue weighted by atomic mass is 127. The lowest BCUT2D eigenvalue weighted by Gasteiger charge is -2.10. The molecule has 0 atom stereocenters. The number of thiazole rings is 1. The molecule has 5 nitrogen and oxygen atoms in total. The molecule has 0 saturated heterocycles. The minimum Gasteiger partial charge on any atom is -0.461 e. The number of hydrogen-bond donors (Lipinski definition) is 2. The van der Waals surface area contributed by atoms with Crippen molar-refractivity contribution in [1.82, 2.24) is 15.6 Å². The number of nitrogens with one attached hydrogen (secondary N) is 2. The summed E-state index contributed by atoms with van der Waals surface area (Å²) in [5.74, 6) is 1.83. The van der Waals surface area contributed by atoms with Crippen molar-refractivity contribution in [2.75, 3.05) is 19.6 Å². The number of aryl methyl sites for hydroxylation is 2. The summed E-state index contributed by atoms with van der Waals surface area (Å²) in [6.07, 6.45) is 1.70. The number of rotatable bonds is 7. The fourth-order valence-corrected chi connectivity index (χ4v) is 3.64. The molecule has 146 valence electrons. The van der Waals surface area contributed by atoms with Gasteiger partial charge in [0.1, 0.15) is 11.3 Å². The molecule has 3 rings (SSSR count). The molecular weight excluding hydrogens is 471 g/mol. The molecule has 0 unspecified atom stereocenters. The number of aliphatic imine (C=N–C) groups is 1. The summed E-state index contributed by atoms with van der Waals surface area (Å²) < 4.78 is 5.86. The van der Waals surface area contributed by atoms with Gasteiger partial charge in [-0.15, -0.1) is 35.3 Å². The number of aromatic nitrogens is 1. The van der Waals surface area contributed by atoms with Crippen LogP contribution in [0.4, 0.5) is 0 Å². The third-order valence-electron chi connectivity index (χ3n) is 4.15. The Balaban J connectivity index is 0.00000261. The zero-order valence-electron chi connectivity index (χ0n) is 16.0. The zero-order chi connectivity index (χ0) is 18.4. The molecule has 0 aliphatic heterocycles. The summed E-state index contributed by atoms with van der Waals surface area (Å²) in [7, 11) is 0. The van der Waals surface area contributed by atoms with E-state index in [0.29, 0.717) is 0 Å². The van der Waals surface area contributed by atoms with Crippen molar-refractivity contribution in [3.8, 4) is 0 Å². The summed E-state index contributed by atoms with van der Waals surface area (Å²) in [6.45, 7) is 8.59. The van der Waals surface area contributed by atoms with E-state index in [0.717, 1.165) is 65.9 Å². The van der Waals surface area contributed by atoms with Crippen LogP contribution in [-0.2, 0) is 12.8 Å². The molecule has 0 spiro atoms. The first-order chi connectivity index (χ1) is 12.7. The van der Waals surface area contributed by atoms with Crippen molar-refractivity contribution in [3.05, 3.63) is 51.7 Å². The first kappa shape index (κ1) is 21.7. The predicted molar refractivity (Wildman–Crippen MR) is 125 cm³/mol. The summed E-state index contributed by atoms with van der Waals surface area (Å²) in [5.41, 5.74) is 2.07. The quantitative estimate of drug-likeness (QED) is 0.287. The Morgan fingerprint density at radius 3 is 2.70 bits per heavy atom. The average molecular weight is 498 g/mol. The smallest absolute Gasteiger partial charge is 0.191 e. The molecule has 0 radical (unpaired) electrons. The Labute approximate surface area is 181 Å². The van der Waals surface area contributed by atoms with E-state index in [1.807, 2.05) is 18.2 Å². The molecule has 0 aliphatic rings. The van der Waals surface area contributed by atoms with E-state index in [1.54, 1.807) is 11.3 Å². The van der Waals surface area contributed by atoms with Crippen LogP contribution in [0.15, 0.2) is 39.7 Å². The fourth-order valence-electron chi connectivity index (χ4n) is 2.72. The summed E-state index contributed by atoms with van der Waals surface area (Å²) in [5, 5.41) is 8.97. The third kappa shape index (κ3) is 6.21. The molecule has 0 bridgehead atoms. The minimum absolute atomic E-state index is 0. The Hall–Kier alpha value is -1.61. The number of hydrogen-bond acceptors (Lipinski definition) is 4. The van der Waals surface area contributed by atoms with Crippen molar-refractivity contribution in [3.63, 3.8) is 0 Å². The highest BCUT2D eigenvalue weighted by molar-refractivity contribution is 14.0. The van der Waals surface area contributed by atoms with Gasteiger partial charge in [0.05, 0.1) is 10.7 Å². The normalized spacial score (nSPS) is 11.4. The molecule has 0 amide bonds. The molecule has 2 aromatic heterocycles. The monoisotopic (exact) mass is 498 g/mol. The molecule has 2 N–H and O–H groups in total. The van der Waals surface area contributed by atoms with Crippen LogP contribution in [-0.4, -0.2) is 30.6 Å². The van der Waals surface area contributed by atoms with Crippen LogP contribution < -0.4 is 10.6 Å². The first-order valence-electron chi connectivity index (χ1n) is 9.08. The Morgan fingerprint density at radius 2 is 2.00 bits per heavy atom. The summed E-state index contributed by atoms with van der Waals surface area (Å²) in [6, 6.07) is 10.2. The molecule has 0 saturated carbocycles. The van der Waals surface area contributed by atoms with Crippen molar-refractivity contribution < 1.29 is 4.42 Å². The van der Waals surface area contributed by atoms with Crippen LogP contribution in [0.5, 0.6) is 0 Å². The van der Waals surface area contributed by atoms with E-state index in [9.17, 15) is 0 Å². The van der Waals surface area contributed by atoms with Crippen molar-refractivity contribution in [2.45, 2.75) is 33.6 Å². The highest BCUT2D eigenvalue weighted by Gasteiger charge is 2.05. The number of benzene rings is 1. The maximum absolute atomic E-state index is 5.86. The van der Waals surface area contributed by atoms with Gasteiger partial charge < -0.3 is 15.1 Å². The first-order valence-corrected chi connectivity index (χ1v) is 9.90. The van der Waals surface area contributed by atoms with E-state index < -0.39 is 0 Å². The maximum atomic E-state index is 5.86. The van der Waals surface area contributed by atoms with Crippen LogP contribution in [0.2, 0.25) is 0 Å². The Kier molecular flexibility index (Phi) is 8.56. The standard InChI is InChI=1S/C20H26N4OS.HI/c1-4-21-20(23-12-10-19-24-14(2)15(3)26-19)22-11-9-17-13-16-7-5-6-8-18(16)25-17;/h5-8,13H,4,9-12H2,1-3H3,(H2,21,22,23);1H. The van der Waals surface area contributed by atoms with Crippen LogP contribution in [0.1, 0.15) is 28.3 Å². The molecule has 0 aliphatic carbocycles. The number of guanidine groups is 1. The molecular formula is C20H27IN4OS. The summed E-state index contributed by atoms with van der Waals surface area (Å²) in [4.78, 5) is 10.5. The second kappa shape index (κ2) is 10.7. The molecule has 0 fully saturated rings. The van der Waals surface area contributed by atoms with Gasteiger partial charge in [0.15, 0.2) is 5.96 Å². The number of halogens is 1. The third-order valence-corrected chi connectivity index (χ3v) is 5.29. The van der Waals surface area contributed by atoms with E-state index in [4.69, 9.17) is 4.42 Å². The number of nitrogens with zero attached hydrogens (tertiary/aromatic N) is 2. The van der Waals surface area contributed by atoms with Gasteiger partial charge in [-0.05, 0) is 32.9 Å². The van der Waals surface area contributed by atoms with Gasteiger partial charge in [0.25, 0.3) is 0 Å². The highest BCUT2D eigenvalue weighted by Crippen LogP contribution is 2.19. The van der Waals surface area contributed by atoms with Gasteiger partial charge >= 0.3 is 0 Å². The lowest BCUT2D eigenvalue weighted by atomic mass is 10.2. The van der Waals surface area contributed by atoms with Gasteiger partial charge in [0, 0.05) is 42.7 Å². The molecule has 2 heterocycles.